The molecule has 43 heavy (non-hydrogen) atoms. The number of piperazine rings is 1. The van der Waals surface area contributed by atoms with Gasteiger partial charge in [0.05, 0.1) is 18.8 Å². The van der Waals surface area contributed by atoms with Crippen LogP contribution in [0.3, 0.4) is 0 Å². The molecule has 2 aliphatic rings. The zero-order valence-corrected chi connectivity index (χ0v) is 23.4. The number of halogens is 3. The first-order valence-electron chi connectivity index (χ1n) is 13.9. The van der Waals surface area contributed by atoms with Crippen molar-refractivity contribution in [2.24, 2.45) is 0 Å². The summed E-state index contributed by atoms with van der Waals surface area (Å²) >= 11 is 0. The van der Waals surface area contributed by atoms with E-state index in [9.17, 15) is 22.8 Å². The van der Waals surface area contributed by atoms with Crippen LogP contribution < -0.4 is 16.0 Å². The lowest BCUT2D eigenvalue weighted by Gasteiger charge is -2.35. The molecule has 5 rings (SSSR count). The number of pyridine rings is 1. The number of aromatic nitrogens is 1. The van der Waals surface area contributed by atoms with Crippen LogP contribution in [0.1, 0.15) is 31.8 Å². The number of benzene rings is 2. The van der Waals surface area contributed by atoms with Gasteiger partial charge < -0.3 is 25.6 Å². The summed E-state index contributed by atoms with van der Waals surface area (Å²) in [6, 6.07) is 16.6. The van der Waals surface area contributed by atoms with Crippen molar-refractivity contribution in [3.63, 3.8) is 0 Å². The predicted octanol–water partition coefficient (Wildman–Crippen LogP) is 3.62. The number of carbonyl (C=O) groups excluding carboxylic acids is 2. The van der Waals surface area contributed by atoms with Gasteiger partial charge in [-0.2, -0.15) is 13.2 Å². The summed E-state index contributed by atoms with van der Waals surface area (Å²) in [5.41, 5.74) is 8.71. The Morgan fingerprint density at radius 1 is 0.907 bits per heavy atom. The molecule has 2 fully saturated rings. The van der Waals surface area contributed by atoms with Gasteiger partial charge in [0.2, 0.25) is 0 Å². The smallest absolute Gasteiger partial charge is 0.383 e. The van der Waals surface area contributed by atoms with Crippen LogP contribution in [0.5, 0.6) is 0 Å². The lowest BCUT2D eigenvalue weighted by atomic mass is 10.1. The monoisotopic (exact) mass is 592 g/mol. The molecule has 224 valence electrons. The van der Waals surface area contributed by atoms with Crippen LogP contribution in [0.2, 0.25) is 0 Å². The number of ether oxygens (including phenoxy) is 1. The highest BCUT2D eigenvalue weighted by atomic mass is 19.4. The van der Waals surface area contributed by atoms with E-state index >= 15 is 0 Å². The number of alkyl halides is 3. The quantitative estimate of drug-likeness (QED) is 0.422. The van der Waals surface area contributed by atoms with Crippen LogP contribution in [-0.4, -0.2) is 85.3 Å². The zero-order valence-electron chi connectivity index (χ0n) is 23.4. The Kier molecular flexibility index (Phi) is 9.13. The van der Waals surface area contributed by atoms with E-state index in [2.05, 4.69) is 20.1 Å². The van der Waals surface area contributed by atoms with E-state index < -0.39 is 6.18 Å². The van der Waals surface area contributed by atoms with Crippen molar-refractivity contribution in [2.75, 3.05) is 68.4 Å². The molecule has 0 spiro atoms. The molecule has 0 saturated carbocycles. The molecule has 0 aliphatic carbocycles. The summed E-state index contributed by atoms with van der Waals surface area (Å²) in [5.74, 6) is 3.78. The fourth-order valence-corrected chi connectivity index (χ4v) is 4.90. The molecule has 12 heteroatoms. The number of rotatable bonds is 6. The van der Waals surface area contributed by atoms with Crippen LogP contribution in [0.15, 0.2) is 60.7 Å². The van der Waals surface area contributed by atoms with Gasteiger partial charge in [-0.05, 0) is 54.1 Å². The molecule has 2 saturated heterocycles. The molecule has 9 nitrogen and oxygen atoms in total. The van der Waals surface area contributed by atoms with Crippen molar-refractivity contribution in [3.05, 3.63) is 82.9 Å². The summed E-state index contributed by atoms with van der Waals surface area (Å²) in [4.78, 5) is 36.4. The number of nitrogens with one attached hydrogen (secondary N) is 1. The van der Waals surface area contributed by atoms with Crippen molar-refractivity contribution in [1.82, 2.24) is 14.8 Å². The topological polar surface area (TPSA) is 104 Å². The molecule has 0 radical (unpaired) electrons. The van der Waals surface area contributed by atoms with Gasteiger partial charge in [-0.15, -0.1) is 0 Å². The lowest BCUT2D eigenvalue weighted by molar-refractivity contribution is -0.0696. The number of nitrogens with two attached hydrogens (primary N) is 1. The van der Waals surface area contributed by atoms with E-state index in [-0.39, 0.29) is 23.2 Å². The third-order valence-corrected chi connectivity index (χ3v) is 7.25. The van der Waals surface area contributed by atoms with Crippen LogP contribution in [-0.2, 0) is 11.3 Å². The van der Waals surface area contributed by atoms with Gasteiger partial charge in [-0.3, -0.25) is 14.5 Å². The van der Waals surface area contributed by atoms with E-state index in [4.69, 9.17) is 10.5 Å². The molecule has 0 unspecified atom stereocenters. The zero-order chi connectivity index (χ0) is 30.4. The van der Waals surface area contributed by atoms with Crippen molar-refractivity contribution in [1.29, 1.82) is 0 Å². The number of morpholine rings is 1. The summed E-state index contributed by atoms with van der Waals surface area (Å²) in [6.07, 6.45) is -4.56. The molecule has 0 bridgehead atoms. The van der Waals surface area contributed by atoms with Gasteiger partial charge in [0, 0.05) is 68.5 Å². The Morgan fingerprint density at radius 2 is 1.58 bits per heavy atom. The SMILES string of the molecule is Nc1nc(N2CCOCC2)ccc1C(=O)N1CCN(Cc2ccc(C(=O)Nc3ccc(C#CC(F)(F)F)cc3)cc2)CC1. The summed E-state index contributed by atoms with van der Waals surface area (Å²) < 4.78 is 42.1. The maximum Gasteiger partial charge on any atom is 0.458 e. The Balaban J connectivity index is 1.10. The summed E-state index contributed by atoms with van der Waals surface area (Å²) in [7, 11) is 0. The largest absolute Gasteiger partial charge is 0.458 e. The second-order valence-corrected chi connectivity index (χ2v) is 10.2. The molecular formula is C31H31F3N6O3. The van der Waals surface area contributed by atoms with Crippen LogP contribution in [0.4, 0.5) is 30.5 Å². The van der Waals surface area contributed by atoms with E-state index in [0.717, 1.165) is 24.5 Å². The number of amides is 2. The maximum atomic E-state index is 13.2. The highest BCUT2D eigenvalue weighted by molar-refractivity contribution is 6.04. The van der Waals surface area contributed by atoms with Crippen molar-refractivity contribution in [2.45, 2.75) is 12.7 Å². The number of nitrogens with zero attached hydrogens (tertiary/aromatic N) is 4. The molecule has 3 N–H and O–H groups in total. The van der Waals surface area contributed by atoms with Crippen molar-refractivity contribution >= 4 is 29.1 Å². The molecule has 2 amide bonds. The maximum absolute atomic E-state index is 13.2. The fraction of sp³-hybridized carbons (Fsp3) is 0.323. The summed E-state index contributed by atoms with van der Waals surface area (Å²) in [6.45, 7) is 5.92. The minimum absolute atomic E-state index is 0.127. The Bertz CT molecular complexity index is 1500. The van der Waals surface area contributed by atoms with Crippen LogP contribution in [0, 0.1) is 11.8 Å². The molecular weight excluding hydrogens is 561 g/mol. The first-order chi connectivity index (χ1) is 20.6. The predicted molar refractivity (Wildman–Crippen MR) is 157 cm³/mol. The standard InChI is InChI=1S/C31H31F3N6O3/c32-31(33,34)12-11-22-3-7-25(8-4-22)36-29(41)24-5-1-23(2-6-24)21-38-13-15-40(16-14-38)30(42)26-9-10-27(37-28(26)35)39-17-19-43-20-18-39/h1-10H,13-21H2,(H2,35,37)(H,36,41). The highest BCUT2D eigenvalue weighted by Crippen LogP contribution is 2.21. The number of nitrogen functional groups attached to an aromatic ring is 1. The Labute approximate surface area is 247 Å². The van der Waals surface area contributed by atoms with Gasteiger partial charge in [0.1, 0.15) is 11.6 Å². The third-order valence-electron chi connectivity index (χ3n) is 7.25. The second-order valence-electron chi connectivity index (χ2n) is 10.2. The average molecular weight is 593 g/mol. The molecule has 0 atom stereocenters. The van der Waals surface area contributed by atoms with Crippen LogP contribution in [0.25, 0.3) is 0 Å². The van der Waals surface area contributed by atoms with Gasteiger partial charge in [-0.1, -0.05) is 18.1 Å². The molecule has 2 aromatic carbocycles. The highest BCUT2D eigenvalue weighted by Gasteiger charge is 2.25. The number of hydrogen-bond donors (Lipinski definition) is 2. The van der Waals surface area contributed by atoms with E-state index in [0.29, 0.717) is 62.8 Å². The van der Waals surface area contributed by atoms with E-state index in [1.54, 1.807) is 23.1 Å². The minimum Gasteiger partial charge on any atom is -0.383 e. The molecule has 1 aromatic heterocycles. The first-order valence-corrected chi connectivity index (χ1v) is 13.9. The van der Waals surface area contributed by atoms with Crippen molar-refractivity contribution in [3.8, 4) is 11.8 Å². The minimum atomic E-state index is -4.56. The number of anilines is 3. The molecule has 3 aromatic rings. The normalized spacial score (nSPS) is 15.9. The van der Waals surface area contributed by atoms with E-state index in [1.807, 2.05) is 24.1 Å². The Morgan fingerprint density at radius 3 is 2.21 bits per heavy atom. The van der Waals surface area contributed by atoms with Gasteiger partial charge in [0.15, 0.2) is 0 Å². The number of hydrogen-bond acceptors (Lipinski definition) is 7. The summed E-state index contributed by atoms with van der Waals surface area (Å²) in [5, 5.41) is 2.73. The second kappa shape index (κ2) is 13.1. The lowest BCUT2D eigenvalue weighted by Crippen LogP contribution is -2.48. The number of carbonyl (C=O) groups is 2. The fourth-order valence-electron chi connectivity index (χ4n) is 4.90. The molecule has 3 heterocycles. The third kappa shape index (κ3) is 8.03. The van der Waals surface area contributed by atoms with Crippen LogP contribution >= 0.6 is 0 Å². The van der Waals surface area contributed by atoms with Crippen molar-refractivity contribution < 1.29 is 27.5 Å². The molecule has 2 aliphatic heterocycles. The first kappa shape index (κ1) is 29.9. The Hall–Kier alpha value is -4.60. The van der Waals surface area contributed by atoms with E-state index in [1.165, 1.54) is 30.2 Å². The van der Waals surface area contributed by atoms with Gasteiger partial charge in [0.25, 0.3) is 11.8 Å². The van der Waals surface area contributed by atoms with Gasteiger partial charge in [-0.25, -0.2) is 4.98 Å². The van der Waals surface area contributed by atoms with Gasteiger partial charge >= 0.3 is 6.18 Å². The average Bonchev–Trinajstić information content (AvgIpc) is 3.01.